The molecule has 1 amide bonds. The van der Waals surface area contributed by atoms with E-state index in [9.17, 15) is 4.79 Å². The van der Waals surface area contributed by atoms with Crippen LogP contribution in [0.1, 0.15) is 35.7 Å². The van der Waals surface area contributed by atoms with Crippen molar-refractivity contribution in [3.05, 3.63) is 35.4 Å². The van der Waals surface area contributed by atoms with Crippen LogP contribution in [-0.2, 0) is 11.3 Å². The fraction of sp³-hybridized carbons (Fsp3) is 0.588. The molecule has 0 aliphatic carbocycles. The van der Waals surface area contributed by atoms with Gasteiger partial charge >= 0.3 is 0 Å². The van der Waals surface area contributed by atoms with Crippen LogP contribution in [-0.4, -0.2) is 44.2 Å². The van der Waals surface area contributed by atoms with Gasteiger partial charge in [0.25, 0.3) is 5.91 Å². The quantitative estimate of drug-likeness (QED) is 0.817. The van der Waals surface area contributed by atoms with E-state index in [1.54, 1.807) is 7.11 Å². The maximum atomic E-state index is 11.9. The molecule has 0 bridgehead atoms. The number of hydrogen-bond acceptors (Lipinski definition) is 3. The van der Waals surface area contributed by atoms with E-state index in [1.165, 1.54) is 31.5 Å². The van der Waals surface area contributed by atoms with Gasteiger partial charge in [-0.1, -0.05) is 19.1 Å². The van der Waals surface area contributed by atoms with Gasteiger partial charge in [-0.2, -0.15) is 0 Å². The van der Waals surface area contributed by atoms with Gasteiger partial charge in [0.05, 0.1) is 6.61 Å². The summed E-state index contributed by atoms with van der Waals surface area (Å²) in [5.74, 6) is 0.759. The molecule has 1 fully saturated rings. The Morgan fingerprint density at radius 1 is 1.38 bits per heavy atom. The minimum Gasteiger partial charge on any atom is -0.383 e. The molecule has 21 heavy (non-hydrogen) atoms. The first kappa shape index (κ1) is 16.0. The summed E-state index contributed by atoms with van der Waals surface area (Å²) in [4.78, 5) is 14.4. The number of amides is 1. The van der Waals surface area contributed by atoms with Gasteiger partial charge in [0, 0.05) is 32.3 Å². The fourth-order valence-electron chi connectivity index (χ4n) is 2.82. The standard InChI is InChI=1S/C17H26N2O2/c1-14-4-3-10-19(12-14)13-15-5-7-16(8-6-15)17(20)18-9-11-21-2/h5-8,14H,3-4,9-13H2,1-2H3,(H,18,20)/t14-/m1/s1. The molecule has 4 nitrogen and oxygen atoms in total. The molecule has 1 aliphatic heterocycles. The van der Waals surface area contributed by atoms with Gasteiger partial charge in [0.15, 0.2) is 0 Å². The summed E-state index contributed by atoms with van der Waals surface area (Å²) < 4.78 is 4.92. The number of likely N-dealkylation sites (tertiary alicyclic amines) is 1. The molecule has 0 spiro atoms. The van der Waals surface area contributed by atoms with Crippen molar-refractivity contribution in [3.63, 3.8) is 0 Å². The summed E-state index contributed by atoms with van der Waals surface area (Å²) in [5, 5.41) is 2.83. The zero-order valence-electron chi connectivity index (χ0n) is 13.1. The molecule has 1 aromatic carbocycles. The zero-order valence-corrected chi connectivity index (χ0v) is 13.1. The number of ether oxygens (including phenoxy) is 1. The predicted molar refractivity (Wildman–Crippen MR) is 84.3 cm³/mol. The van der Waals surface area contributed by atoms with E-state index >= 15 is 0 Å². The lowest BCUT2D eigenvalue weighted by atomic mass is 9.99. The summed E-state index contributed by atoms with van der Waals surface area (Å²) in [6, 6.07) is 7.94. The van der Waals surface area contributed by atoms with E-state index in [-0.39, 0.29) is 5.91 Å². The van der Waals surface area contributed by atoms with Crippen LogP contribution in [0, 0.1) is 5.92 Å². The highest BCUT2D eigenvalue weighted by molar-refractivity contribution is 5.94. The third kappa shape index (κ3) is 5.14. The summed E-state index contributed by atoms with van der Waals surface area (Å²) in [6.07, 6.45) is 2.64. The molecule has 1 atom stereocenters. The van der Waals surface area contributed by atoms with Gasteiger partial charge < -0.3 is 10.1 Å². The number of hydrogen-bond donors (Lipinski definition) is 1. The monoisotopic (exact) mass is 290 g/mol. The van der Waals surface area contributed by atoms with E-state index < -0.39 is 0 Å². The van der Waals surface area contributed by atoms with Crippen LogP contribution in [0.5, 0.6) is 0 Å². The molecule has 4 heteroatoms. The van der Waals surface area contributed by atoms with Crippen LogP contribution in [0.25, 0.3) is 0 Å². The first-order chi connectivity index (χ1) is 10.2. The lowest BCUT2D eigenvalue weighted by Crippen LogP contribution is -2.33. The smallest absolute Gasteiger partial charge is 0.251 e. The molecule has 0 unspecified atom stereocenters. The minimum atomic E-state index is -0.0369. The van der Waals surface area contributed by atoms with Gasteiger partial charge in [-0.25, -0.2) is 0 Å². The average molecular weight is 290 g/mol. The second kappa shape index (κ2) is 8.15. The van der Waals surface area contributed by atoms with Crippen molar-refractivity contribution in [2.45, 2.75) is 26.3 Å². The van der Waals surface area contributed by atoms with Gasteiger partial charge in [-0.3, -0.25) is 9.69 Å². The Morgan fingerprint density at radius 3 is 2.81 bits per heavy atom. The molecule has 1 heterocycles. The highest BCUT2D eigenvalue weighted by Crippen LogP contribution is 2.18. The van der Waals surface area contributed by atoms with E-state index in [4.69, 9.17) is 4.74 Å². The molecule has 1 aromatic rings. The van der Waals surface area contributed by atoms with Crippen molar-refractivity contribution in [2.24, 2.45) is 5.92 Å². The third-order valence-corrected chi connectivity index (χ3v) is 3.96. The maximum Gasteiger partial charge on any atom is 0.251 e. The molecule has 0 saturated carbocycles. The van der Waals surface area contributed by atoms with Crippen LogP contribution in [0.2, 0.25) is 0 Å². The highest BCUT2D eigenvalue weighted by Gasteiger charge is 2.16. The summed E-state index contributed by atoms with van der Waals surface area (Å²) >= 11 is 0. The van der Waals surface area contributed by atoms with Crippen molar-refractivity contribution in [1.82, 2.24) is 10.2 Å². The number of carbonyl (C=O) groups is 1. The Kier molecular flexibility index (Phi) is 6.21. The van der Waals surface area contributed by atoms with Crippen molar-refractivity contribution >= 4 is 5.91 Å². The number of nitrogens with zero attached hydrogens (tertiary/aromatic N) is 1. The van der Waals surface area contributed by atoms with Gasteiger partial charge in [-0.05, 0) is 43.0 Å². The van der Waals surface area contributed by atoms with Crippen molar-refractivity contribution in [2.75, 3.05) is 33.4 Å². The summed E-state index contributed by atoms with van der Waals surface area (Å²) in [7, 11) is 1.63. The molecule has 0 radical (unpaired) electrons. The van der Waals surface area contributed by atoms with Crippen LogP contribution in [0.15, 0.2) is 24.3 Å². The fourth-order valence-corrected chi connectivity index (χ4v) is 2.82. The maximum absolute atomic E-state index is 11.9. The largest absolute Gasteiger partial charge is 0.383 e. The lowest BCUT2D eigenvalue weighted by Gasteiger charge is -2.30. The van der Waals surface area contributed by atoms with Crippen molar-refractivity contribution < 1.29 is 9.53 Å². The van der Waals surface area contributed by atoms with Crippen molar-refractivity contribution in [3.8, 4) is 0 Å². The normalized spacial score (nSPS) is 19.4. The zero-order chi connectivity index (χ0) is 15.1. The number of nitrogens with one attached hydrogen (secondary N) is 1. The first-order valence-corrected chi connectivity index (χ1v) is 7.77. The van der Waals surface area contributed by atoms with E-state index in [0.29, 0.717) is 18.7 Å². The average Bonchev–Trinajstić information content (AvgIpc) is 2.48. The Hall–Kier alpha value is -1.39. The number of methoxy groups -OCH3 is 1. The Labute approximate surface area is 127 Å². The van der Waals surface area contributed by atoms with Gasteiger partial charge in [0.2, 0.25) is 0 Å². The topological polar surface area (TPSA) is 41.6 Å². The molecular weight excluding hydrogens is 264 g/mol. The Morgan fingerprint density at radius 2 is 2.14 bits per heavy atom. The minimum absolute atomic E-state index is 0.0369. The number of rotatable bonds is 6. The second-order valence-electron chi connectivity index (χ2n) is 5.93. The second-order valence-corrected chi connectivity index (χ2v) is 5.93. The molecule has 1 aliphatic rings. The molecular formula is C17H26N2O2. The Bertz CT molecular complexity index is 445. The first-order valence-electron chi connectivity index (χ1n) is 7.77. The highest BCUT2D eigenvalue weighted by atomic mass is 16.5. The van der Waals surface area contributed by atoms with Crippen LogP contribution >= 0.6 is 0 Å². The molecule has 1 N–H and O–H groups in total. The predicted octanol–water partition coefficient (Wildman–Crippen LogP) is 2.29. The van der Waals surface area contributed by atoms with E-state index in [2.05, 4.69) is 29.3 Å². The molecule has 2 rings (SSSR count). The third-order valence-electron chi connectivity index (χ3n) is 3.96. The molecule has 0 aromatic heterocycles. The molecule has 1 saturated heterocycles. The van der Waals surface area contributed by atoms with Crippen LogP contribution in [0.4, 0.5) is 0 Å². The summed E-state index contributed by atoms with van der Waals surface area (Å²) in [6.45, 7) is 6.75. The number of piperidine rings is 1. The summed E-state index contributed by atoms with van der Waals surface area (Å²) in [5.41, 5.74) is 1.99. The van der Waals surface area contributed by atoms with Gasteiger partial charge in [-0.15, -0.1) is 0 Å². The van der Waals surface area contributed by atoms with Crippen LogP contribution in [0.3, 0.4) is 0 Å². The number of carbonyl (C=O) groups excluding carboxylic acids is 1. The van der Waals surface area contributed by atoms with Gasteiger partial charge in [0.1, 0.15) is 0 Å². The lowest BCUT2D eigenvalue weighted by molar-refractivity contribution is 0.0937. The molecule has 116 valence electrons. The van der Waals surface area contributed by atoms with E-state index in [0.717, 1.165) is 12.5 Å². The van der Waals surface area contributed by atoms with E-state index in [1.807, 2.05) is 12.1 Å². The number of benzene rings is 1. The SMILES string of the molecule is COCCNC(=O)c1ccc(CN2CCC[C@@H](C)C2)cc1. The van der Waals surface area contributed by atoms with Crippen LogP contribution < -0.4 is 5.32 Å². The van der Waals surface area contributed by atoms with Crippen molar-refractivity contribution in [1.29, 1.82) is 0 Å². The Balaban J connectivity index is 1.85.